The highest BCUT2D eigenvalue weighted by Gasteiger charge is 2.02. The summed E-state index contributed by atoms with van der Waals surface area (Å²) in [6.07, 6.45) is 3.23. The number of hydrogen-bond acceptors (Lipinski definition) is 3. The van der Waals surface area contributed by atoms with E-state index in [1.165, 1.54) is 12.3 Å². The third-order valence-corrected chi connectivity index (χ3v) is 1.04. The smallest absolute Gasteiger partial charge is 0.162 e. The molecule has 3 nitrogen and oxygen atoms in total. The van der Waals surface area contributed by atoms with Crippen LogP contribution >= 0.6 is 0 Å². The third-order valence-electron chi connectivity index (χ3n) is 1.04. The predicted octanol–water partition coefficient (Wildman–Crippen LogP) is -0.0938. The van der Waals surface area contributed by atoms with Crippen molar-refractivity contribution >= 4 is 12.0 Å². The fraction of sp³-hybridized carbons (Fsp3) is 0.333. The van der Waals surface area contributed by atoms with Gasteiger partial charge in [0.05, 0.1) is 12.3 Å². The fourth-order valence-electron chi connectivity index (χ4n) is 0.621. The molecule has 3 heteroatoms. The number of aliphatic imine (C=N–C) groups is 1. The Morgan fingerprint density at radius 3 is 3.00 bits per heavy atom. The minimum Gasteiger partial charge on any atom is -0.390 e. The van der Waals surface area contributed by atoms with E-state index in [2.05, 4.69) is 4.99 Å². The van der Waals surface area contributed by atoms with Crippen LogP contribution in [0.15, 0.2) is 16.8 Å². The Hall–Kier alpha value is -0.960. The molecule has 0 amide bonds. The molecule has 0 aromatic rings. The van der Waals surface area contributed by atoms with Crippen LogP contribution in [-0.4, -0.2) is 23.7 Å². The van der Waals surface area contributed by atoms with Crippen LogP contribution in [0.25, 0.3) is 0 Å². The molecular weight excluding hydrogens is 118 g/mol. The van der Waals surface area contributed by atoms with Gasteiger partial charge < -0.3 is 5.11 Å². The highest BCUT2D eigenvalue weighted by atomic mass is 16.3. The zero-order chi connectivity index (χ0) is 6.69. The molecule has 0 spiro atoms. The molecular formula is C6H7NO2. The molecule has 1 rings (SSSR count). The van der Waals surface area contributed by atoms with Crippen molar-refractivity contribution in [1.29, 1.82) is 0 Å². The van der Waals surface area contributed by atoms with Crippen molar-refractivity contribution in [2.24, 2.45) is 4.99 Å². The molecule has 1 aliphatic heterocycles. The predicted molar refractivity (Wildman–Crippen MR) is 33.3 cm³/mol. The first-order valence-electron chi connectivity index (χ1n) is 2.69. The molecule has 0 bridgehead atoms. The van der Waals surface area contributed by atoms with E-state index in [1.807, 2.05) is 0 Å². The first-order valence-corrected chi connectivity index (χ1v) is 2.69. The summed E-state index contributed by atoms with van der Waals surface area (Å²) in [7, 11) is 0. The lowest BCUT2D eigenvalue weighted by Crippen LogP contribution is -2.02. The summed E-state index contributed by atoms with van der Waals surface area (Å²) < 4.78 is 0. The average Bonchev–Trinajstić information content (AvgIpc) is 1.88. The molecule has 0 radical (unpaired) electrons. The van der Waals surface area contributed by atoms with Crippen molar-refractivity contribution in [3.05, 3.63) is 11.8 Å². The molecule has 1 N–H and O–H groups in total. The monoisotopic (exact) mass is 125 g/mol. The second kappa shape index (κ2) is 2.55. The Morgan fingerprint density at radius 1 is 1.78 bits per heavy atom. The summed E-state index contributed by atoms with van der Waals surface area (Å²) in [6, 6.07) is 0. The number of allylic oxidation sites excluding steroid dienone is 1. The van der Waals surface area contributed by atoms with E-state index in [1.54, 1.807) is 0 Å². The van der Waals surface area contributed by atoms with Gasteiger partial charge in [-0.3, -0.25) is 9.79 Å². The highest BCUT2D eigenvalue weighted by Crippen LogP contribution is 2.01. The van der Waals surface area contributed by atoms with E-state index in [4.69, 9.17) is 5.11 Å². The standard InChI is InChI=1S/C6H7NO2/c8-4-5-3-6(9)1-2-7-5/h2-3,8H,1,4H2. The summed E-state index contributed by atoms with van der Waals surface area (Å²) in [5, 5.41) is 8.47. The van der Waals surface area contributed by atoms with E-state index >= 15 is 0 Å². The number of nitrogens with zero attached hydrogens (tertiary/aromatic N) is 1. The lowest BCUT2D eigenvalue weighted by atomic mass is 10.2. The van der Waals surface area contributed by atoms with Gasteiger partial charge in [-0.1, -0.05) is 0 Å². The van der Waals surface area contributed by atoms with Gasteiger partial charge in [0.15, 0.2) is 5.78 Å². The molecule has 0 fully saturated rings. The summed E-state index contributed by atoms with van der Waals surface area (Å²) >= 11 is 0. The van der Waals surface area contributed by atoms with Crippen LogP contribution in [0.4, 0.5) is 0 Å². The minimum atomic E-state index is -0.151. The largest absolute Gasteiger partial charge is 0.390 e. The van der Waals surface area contributed by atoms with E-state index < -0.39 is 0 Å². The SMILES string of the molecule is O=C1C=C(CO)N=CC1. The van der Waals surface area contributed by atoms with Crippen LogP contribution < -0.4 is 0 Å². The van der Waals surface area contributed by atoms with Gasteiger partial charge in [-0.05, 0) is 0 Å². The first kappa shape index (κ1) is 6.16. The molecule has 0 unspecified atom stereocenters. The number of carbonyl (C=O) groups is 1. The maximum Gasteiger partial charge on any atom is 0.162 e. The molecule has 9 heavy (non-hydrogen) atoms. The van der Waals surface area contributed by atoms with E-state index in [0.717, 1.165) is 0 Å². The summed E-state index contributed by atoms with van der Waals surface area (Å²) in [5.41, 5.74) is 0.450. The lowest BCUT2D eigenvalue weighted by Gasteiger charge is -1.99. The van der Waals surface area contributed by atoms with Gasteiger partial charge in [-0.15, -0.1) is 0 Å². The number of ketones is 1. The van der Waals surface area contributed by atoms with Gasteiger partial charge in [0.25, 0.3) is 0 Å². The zero-order valence-corrected chi connectivity index (χ0v) is 4.87. The van der Waals surface area contributed by atoms with Gasteiger partial charge in [-0.25, -0.2) is 0 Å². The Kier molecular flexibility index (Phi) is 1.75. The molecule has 0 atom stereocenters. The first-order chi connectivity index (χ1) is 4.33. The van der Waals surface area contributed by atoms with E-state index in [9.17, 15) is 4.79 Å². The number of aliphatic hydroxyl groups excluding tert-OH is 1. The molecule has 0 saturated heterocycles. The maximum absolute atomic E-state index is 10.6. The van der Waals surface area contributed by atoms with Crippen LogP contribution in [0.3, 0.4) is 0 Å². The van der Waals surface area contributed by atoms with Crippen molar-refractivity contribution in [3.8, 4) is 0 Å². The van der Waals surface area contributed by atoms with Gasteiger partial charge in [0, 0.05) is 18.7 Å². The lowest BCUT2D eigenvalue weighted by molar-refractivity contribution is -0.113. The summed E-state index contributed by atoms with van der Waals surface area (Å²) in [4.78, 5) is 14.3. The third kappa shape index (κ3) is 1.47. The Balaban J connectivity index is 2.70. The van der Waals surface area contributed by atoms with Crippen molar-refractivity contribution in [3.63, 3.8) is 0 Å². The molecule has 0 aliphatic carbocycles. The van der Waals surface area contributed by atoms with Crippen molar-refractivity contribution in [1.82, 2.24) is 0 Å². The van der Waals surface area contributed by atoms with Crippen LogP contribution in [-0.2, 0) is 4.79 Å². The normalized spacial score (nSPS) is 17.9. The summed E-state index contributed by atoms with van der Waals surface area (Å²) in [5.74, 6) is 0.00838. The maximum atomic E-state index is 10.6. The van der Waals surface area contributed by atoms with Crippen molar-refractivity contribution in [2.45, 2.75) is 6.42 Å². The zero-order valence-electron chi connectivity index (χ0n) is 4.87. The quantitative estimate of drug-likeness (QED) is 0.532. The second-order valence-corrected chi connectivity index (χ2v) is 1.78. The van der Waals surface area contributed by atoms with Crippen molar-refractivity contribution in [2.75, 3.05) is 6.61 Å². The van der Waals surface area contributed by atoms with Crippen LogP contribution in [0.2, 0.25) is 0 Å². The Morgan fingerprint density at radius 2 is 2.56 bits per heavy atom. The number of hydrogen-bond donors (Lipinski definition) is 1. The molecule has 1 heterocycles. The van der Waals surface area contributed by atoms with Gasteiger partial charge in [0.2, 0.25) is 0 Å². The number of aliphatic hydroxyl groups is 1. The second-order valence-electron chi connectivity index (χ2n) is 1.78. The fourth-order valence-corrected chi connectivity index (χ4v) is 0.621. The Bertz CT molecular complexity index is 181. The van der Waals surface area contributed by atoms with E-state index in [-0.39, 0.29) is 12.4 Å². The number of carbonyl (C=O) groups excluding carboxylic acids is 1. The molecule has 0 aromatic carbocycles. The van der Waals surface area contributed by atoms with Crippen LogP contribution in [0.5, 0.6) is 0 Å². The highest BCUT2D eigenvalue weighted by molar-refractivity contribution is 6.01. The molecule has 0 aromatic heterocycles. The van der Waals surface area contributed by atoms with E-state index in [0.29, 0.717) is 12.1 Å². The molecule has 1 aliphatic rings. The molecule has 0 saturated carbocycles. The van der Waals surface area contributed by atoms with Crippen molar-refractivity contribution < 1.29 is 9.90 Å². The topological polar surface area (TPSA) is 49.7 Å². The summed E-state index contributed by atoms with van der Waals surface area (Å²) in [6.45, 7) is -0.151. The average molecular weight is 125 g/mol. The Labute approximate surface area is 52.7 Å². The minimum absolute atomic E-state index is 0.00838. The van der Waals surface area contributed by atoms with Gasteiger partial charge >= 0.3 is 0 Å². The number of rotatable bonds is 1. The van der Waals surface area contributed by atoms with Gasteiger partial charge in [-0.2, -0.15) is 0 Å². The molecule has 48 valence electrons. The van der Waals surface area contributed by atoms with Gasteiger partial charge in [0.1, 0.15) is 0 Å². The van der Waals surface area contributed by atoms with Crippen LogP contribution in [0, 0.1) is 0 Å². The van der Waals surface area contributed by atoms with Crippen LogP contribution in [0.1, 0.15) is 6.42 Å².